The first-order valence-corrected chi connectivity index (χ1v) is 9.50. The molecule has 8 heteroatoms. The van der Waals surface area contributed by atoms with Crippen LogP contribution in [0.1, 0.15) is 35.8 Å². The summed E-state index contributed by atoms with van der Waals surface area (Å²) in [7, 11) is 1.89. The van der Waals surface area contributed by atoms with Crippen molar-refractivity contribution in [2.75, 3.05) is 25.1 Å². The molecule has 1 aliphatic rings. The number of carbonyl (C=O) groups is 2. The maximum absolute atomic E-state index is 11.9. The molecule has 1 aliphatic heterocycles. The second-order valence-electron chi connectivity index (χ2n) is 6.91. The molecule has 2 aromatic rings. The fourth-order valence-corrected chi connectivity index (χ4v) is 3.80. The summed E-state index contributed by atoms with van der Waals surface area (Å²) >= 11 is 0. The van der Waals surface area contributed by atoms with E-state index in [0.29, 0.717) is 25.4 Å². The van der Waals surface area contributed by atoms with Gasteiger partial charge in [-0.25, -0.2) is 9.59 Å². The Bertz CT molecular complexity index is 808. The van der Waals surface area contributed by atoms with Gasteiger partial charge in [-0.15, -0.1) is 0 Å². The van der Waals surface area contributed by atoms with Gasteiger partial charge in [-0.3, -0.25) is 5.10 Å². The number of hydrogen-bond donors (Lipinski definition) is 2. The third-order valence-corrected chi connectivity index (χ3v) is 5.20. The van der Waals surface area contributed by atoms with E-state index in [0.717, 1.165) is 18.4 Å². The van der Waals surface area contributed by atoms with E-state index in [1.165, 1.54) is 4.90 Å². The molecule has 1 amide bonds. The molecule has 2 heterocycles. The van der Waals surface area contributed by atoms with Gasteiger partial charge < -0.3 is 19.6 Å². The molecular formula is C20H26N4O4. The number of likely N-dealkylation sites (N-methyl/N-ethyl adjacent to an activating group) is 1. The van der Waals surface area contributed by atoms with Gasteiger partial charge in [0.05, 0.1) is 18.7 Å². The van der Waals surface area contributed by atoms with Gasteiger partial charge in [-0.2, -0.15) is 5.10 Å². The Kier molecular flexibility index (Phi) is 6.18. The van der Waals surface area contributed by atoms with Gasteiger partial charge in [0.2, 0.25) is 0 Å². The lowest BCUT2D eigenvalue weighted by molar-refractivity contribution is 0.0519. The van der Waals surface area contributed by atoms with Crippen molar-refractivity contribution in [1.82, 2.24) is 15.1 Å². The van der Waals surface area contributed by atoms with E-state index in [2.05, 4.69) is 10.2 Å². The van der Waals surface area contributed by atoms with Crippen LogP contribution in [0.15, 0.2) is 36.4 Å². The average Bonchev–Trinajstić information content (AvgIpc) is 3.19. The number of hydrogen-bond acceptors (Lipinski definition) is 5. The van der Waals surface area contributed by atoms with Crippen molar-refractivity contribution in [2.24, 2.45) is 0 Å². The molecule has 3 rings (SSSR count). The maximum atomic E-state index is 11.9. The number of ether oxygens (including phenoxy) is 1. The highest BCUT2D eigenvalue weighted by Gasteiger charge is 2.37. The number of rotatable bonds is 6. The van der Waals surface area contributed by atoms with Crippen LogP contribution in [0.25, 0.3) is 0 Å². The highest BCUT2D eigenvalue weighted by Crippen LogP contribution is 2.28. The predicted octanol–water partition coefficient (Wildman–Crippen LogP) is 2.78. The standard InChI is InChI=1S/C20H26N4O4/c1-3-28-19(25)15-13-18(22-21-15)23(2)16-10-7-11-24(20(26)27)17(16)12-14-8-5-4-6-9-14/h4-6,8-9,13,16-17H,3,7,10-12H2,1-2H3,(H,21,22)(H,26,27)/t16-,17?/m1/s1. The van der Waals surface area contributed by atoms with Gasteiger partial charge in [-0.05, 0) is 31.7 Å². The number of H-pyrrole nitrogens is 1. The van der Waals surface area contributed by atoms with Crippen molar-refractivity contribution in [1.29, 1.82) is 0 Å². The zero-order valence-electron chi connectivity index (χ0n) is 16.2. The number of anilines is 1. The van der Waals surface area contributed by atoms with Gasteiger partial charge in [0.1, 0.15) is 5.69 Å². The molecular weight excluding hydrogens is 360 g/mol. The summed E-state index contributed by atoms with van der Waals surface area (Å²) in [5.74, 6) is 0.143. The minimum atomic E-state index is -0.909. The molecule has 8 nitrogen and oxygen atoms in total. The molecule has 0 radical (unpaired) electrons. The molecule has 28 heavy (non-hydrogen) atoms. The second kappa shape index (κ2) is 8.77. The van der Waals surface area contributed by atoms with E-state index in [9.17, 15) is 14.7 Å². The van der Waals surface area contributed by atoms with Crippen LogP contribution in [0.4, 0.5) is 10.6 Å². The summed E-state index contributed by atoms with van der Waals surface area (Å²) in [6.45, 7) is 2.56. The van der Waals surface area contributed by atoms with Crippen LogP contribution >= 0.6 is 0 Å². The lowest BCUT2D eigenvalue weighted by Crippen LogP contribution is -2.57. The first kappa shape index (κ1) is 19.7. The number of carboxylic acid groups (broad SMARTS) is 1. The molecule has 0 bridgehead atoms. The molecule has 0 spiro atoms. The van der Waals surface area contributed by atoms with E-state index < -0.39 is 12.1 Å². The van der Waals surface area contributed by atoms with Crippen molar-refractivity contribution >= 4 is 17.9 Å². The van der Waals surface area contributed by atoms with E-state index in [-0.39, 0.29) is 17.8 Å². The number of piperidine rings is 1. The summed E-state index contributed by atoms with van der Waals surface area (Å²) in [6, 6.07) is 11.3. The van der Waals surface area contributed by atoms with Crippen LogP contribution < -0.4 is 4.90 Å². The van der Waals surface area contributed by atoms with Gasteiger partial charge in [0.25, 0.3) is 0 Å². The summed E-state index contributed by atoms with van der Waals surface area (Å²) in [5, 5.41) is 16.7. The highest BCUT2D eigenvalue weighted by atomic mass is 16.5. The smallest absolute Gasteiger partial charge is 0.407 e. The Hall–Kier alpha value is -3.03. The predicted molar refractivity (Wildman–Crippen MR) is 105 cm³/mol. The zero-order valence-corrected chi connectivity index (χ0v) is 16.2. The first-order chi connectivity index (χ1) is 13.5. The Morgan fingerprint density at radius 1 is 1.36 bits per heavy atom. The lowest BCUT2D eigenvalue weighted by atomic mass is 9.90. The number of nitrogens with zero attached hydrogens (tertiary/aromatic N) is 3. The zero-order chi connectivity index (χ0) is 20.1. The van der Waals surface area contributed by atoms with Crippen LogP contribution in [-0.2, 0) is 11.2 Å². The number of aromatic amines is 1. The van der Waals surface area contributed by atoms with Crippen LogP contribution in [0.3, 0.4) is 0 Å². The van der Waals surface area contributed by atoms with Gasteiger partial charge in [-0.1, -0.05) is 30.3 Å². The van der Waals surface area contributed by atoms with E-state index >= 15 is 0 Å². The fraction of sp³-hybridized carbons (Fsp3) is 0.450. The Balaban J connectivity index is 1.84. The van der Waals surface area contributed by atoms with Crippen molar-refractivity contribution in [3.63, 3.8) is 0 Å². The number of esters is 1. The minimum absolute atomic E-state index is 0.0524. The lowest BCUT2D eigenvalue weighted by Gasteiger charge is -2.44. The summed E-state index contributed by atoms with van der Waals surface area (Å²) < 4.78 is 5.00. The third-order valence-electron chi connectivity index (χ3n) is 5.20. The number of carbonyl (C=O) groups excluding carboxylic acids is 1. The highest BCUT2D eigenvalue weighted by molar-refractivity contribution is 5.88. The molecule has 2 N–H and O–H groups in total. The average molecular weight is 386 g/mol. The number of aromatic nitrogens is 2. The second-order valence-corrected chi connectivity index (χ2v) is 6.91. The molecule has 1 aromatic heterocycles. The Morgan fingerprint density at radius 3 is 2.79 bits per heavy atom. The quantitative estimate of drug-likeness (QED) is 0.741. The third kappa shape index (κ3) is 4.27. The van der Waals surface area contributed by atoms with Crippen LogP contribution in [-0.4, -0.2) is 64.5 Å². The van der Waals surface area contributed by atoms with Crippen molar-refractivity contribution in [3.8, 4) is 0 Å². The molecule has 2 atom stereocenters. The normalized spacial score (nSPS) is 19.3. The summed E-state index contributed by atoms with van der Waals surface area (Å²) in [5.41, 5.74) is 1.38. The minimum Gasteiger partial charge on any atom is -0.465 e. The van der Waals surface area contributed by atoms with Crippen molar-refractivity contribution in [3.05, 3.63) is 47.7 Å². The van der Waals surface area contributed by atoms with E-state index in [4.69, 9.17) is 4.74 Å². The Morgan fingerprint density at radius 2 is 2.11 bits per heavy atom. The number of benzene rings is 1. The SMILES string of the molecule is CCOC(=O)c1cc(N(C)[C@@H]2CCCN(C(=O)O)C2Cc2ccccc2)n[nH]1. The van der Waals surface area contributed by atoms with Gasteiger partial charge in [0.15, 0.2) is 5.82 Å². The fourth-order valence-electron chi connectivity index (χ4n) is 3.80. The van der Waals surface area contributed by atoms with E-state index in [1.54, 1.807) is 13.0 Å². The monoisotopic (exact) mass is 386 g/mol. The molecule has 1 unspecified atom stereocenters. The van der Waals surface area contributed by atoms with Crippen molar-refractivity contribution in [2.45, 2.75) is 38.3 Å². The number of likely N-dealkylation sites (tertiary alicyclic amines) is 1. The molecule has 0 saturated carbocycles. The molecule has 1 fully saturated rings. The molecule has 1 saturated heterocycles. The largest absolute Gasteiger partial charge is 0.465 e. The van der Waals surface area contributed by atoms with Gasteiger partial charge >= 0.3 is 12.1 Å². The maximum Gasteiger partial charge on any atom is 0.407 e. The first-order valence-electron chi connectivity index (χ1n) is 9.50. The summed E-state index contributed by atoms with van der Waals surface area (Å²) in [4.78, 5) is 27.2. The topological polar surface area (TPSA) is 98.8 Å². The number of amides is 1. The molecule has 0 aliphatic carbocycles. The van der Waals surface area contributed by atoms with Crippen molar-refractivity contribution < 1.29 is 19.4 Å². The van der Waals surface area contributed by atoms with Crippen LogP contribution in [0.2, 0.25) is 0 Å². The van der Waals surface area contributed by atoms with Gasteiger partial charge in [0, 0.05) is 19.7 Å². The molecule has 150 valence electrons. The Labute approximate surface area is 164 Å². The van der Waals surface area contributed by atoms with Crippen LogP contribution in [0.5, 0.6) is 0 Å². The van der Waals surface area contributed by atoms with E-state index in [1.807, 2.05) is 42.3 Å². The molecule has 1 aromatic carbocycles. The van der Waals surface area contributed by atoms with Crippen LogP contribution in [0, 0.1) is 0 Å². The number of nitrogens with one attached hydrogen (secondary N) is 1. The summed E-state index contributed by atoms with van der Waals surface area (Å²) in [6.07, 6.45) is 1.34.